The molecule has 0 saturated carbocycles. The molecule has 40 heavy (non-hydrogen) atoms. The minimum absolute atomic E-state index is 0.121. The van der Waals surface area contributed by atoms with Gasteiger partial charge in [-0.15, -0.1) is 0 Å². The molecule has 3 heterocycles. The van der Waals surface area contributed by atoms with Crippen molar-refractivity contribution in [2.75, 3.05) is 6.54 Å². The summed E-state index contributed by atoms with van der Waals surface area (Å²) in [5, 5.41) is 4.91. The molecule has 0 aliphatic carbocycles. The van der Waals surface area contributed by atoms with E-state index in [1.807, 2.05) is 27.7 Å². The molecule has 2 atom stereocenters. The Kier molecular flexibility index (Phi) is 7.16. The molecule has 210 valence electrons. The molecule has 2 saturated heterocycles. The van der Waals surface area contributed by atoms with Crippen LogP contribution in [0.3, 0.4) is 0 Å². The summed E-state index contributed by atoms with van der Waals surface area (Å²) >= 11 is 0. The largest absolute Gasteiger partial charge is 0.497 e. The fourth-order valence-electron chi connectivity index (χ4n) is 5.29. The number of aromatic nitrogens is 2. The first-order chi connectivity index (χ1) is 18.8. The normalized spacial score (nSPS) is 21.8. The first-order valence-electron chi connectivity index (χ1n) is 13.3. The summed E-state index contributed by atoms with van der Waals surface area (Å²) in [6.07, 6.45) is -1.87. The van der Waals surface area contributed by atoms with E-state index in [0.717, 1.165) is 0 Å². The van der Waals surface area contributed by atoms with Gasteiger partial charge in [0.05, 0.1) is 29.3 Å². The second-order valence-corrected chi connectivity index (χ2v) is 11.5. The second kappa shape index (κ2) is 10.2. The van der Waals surface area contributed by atoms with Gasteiger partial charge in [-0.2, -0.15) is 5.10 Å². The average molecular weight is 551 g/mol. The molecule has 1 aromatic heterocycles. The molecule has 0 unspecified atom stereocenters. The van der Waals surface area contributed by atoms with Crippen LogP contribution in [0.2, 0.25) is 0 Å². The number of hydrogen-bond acceptors (Lipinski definition) is 6. The molecule has 1 amide bonds. The van der Waals surface area contributed by atoms with E-state index in [9.17, 15) is 18.8 Å². The number of benzene rings is 2. The van der Waals surface area contributed by atoms with Crippen molar-refractivity contribution in [2.24, 2.45) is 0 Å². The zero-order chi connectivity index (χ0) is 29.0. The molecular formula is C29H32BF2N3O5. The molecule has 0 bridgehead atoms. The van der Waals surface area contributed by atoms with E-state index in [0.29, 0.717) is 10.9 Å². The minimum atomic E-state index is -1.39. The zero-order valence-electron chi connectivity index (χ0n) is 23.2. The lowest BCUT2D eigenvalue weighted by Gasteiger charge is -2.32. The van der Waals surface area contributed by atoms with E-state index in [1.54, 1.807) is 36.4 Å². The summed E-state index contributed by atoms with van der Waals surface area (Å²) in [7, 11) is -0.941. The molecule has 3 aromatic rings. The number of likely N-dealkylation sites (tertiary alicyclic amines) is 1. The SMILES string of the molecule is CC(=O)c1nn(CC(=O)N2C[C@H](F)C[C@H]2C(=O)Cc2cccc(B3OC(C)(C)C(C)(C)O3)c2F)c2ccccc12. The molecule has 0 radical (unpaired) electrons. The van der Waals surface area contributed by atoms with Crippen LogP contribution in [-0.4, -0.2) is 69.2 Å². The van der Waals surface area contributed by atoms with Gasteiger partial charge in [0.25, 0.3) is 0 Å². The number of ketones is 2. The topological polar surface area (TPSA) is 90.7 Å². The summed E-state index contributed by atoms with van der Waals surface area (Å²) < 4.78 is 43.5. The monoisotopic (exact) mass is 551 g/mol. The maximum Gasteiger partial charge on any atom is 0.497 e. The third kappa shape index (κ3) is 4.96. The summed E-state index contributed by atoms with van der Waals surface area (Å²) in [6.45, 7) is 8.34. The zero-order valence-corrected chi connectivity index (χ0v) is 23.2. The minimum Gasteiger partial charge on any atom is -0.399 e. The summed E-state index contributed by atoms with van der Waals surface area (Å²) in [6, 6.07) is 10.6. The predicted octanol–water partition coefficient (Wildman–Crippen LogP) is 3.43. The lowest BCUT2D eigenvalue weighted by molar-refractivity contribution is -0.138. The Morgan fingerprint density at radius 1 is 1.05 bits per heavy atom. The maximum atomic E-state index is 15.6. The van der Waals surface area contributed by atoms with Crippen molar-refractivity contribution in [3.05, 3.63) is 59.5 Å². The Labute approximate surface area is 231 Å². The highest BCUT2D eigenvalue weighted by atomic mass is 19.1. The van der Waals surface area contributed by atoms with Crippen LogP contribution in [0.4, 0.5) is 8.78 Å². The third-order valence-electron chi connectivity index (χ3n) is 8.20. The van der Waals surface area contributed by atoms with Gasteiger partial charge in [0, 0.05) is 30.6 Å². The number of rotatable bonds is 7. The van der Waals surface area contributed by atoms with Crippen LogP contribution < -0.4 is 5.46 Å². The first-order valence-corrected chi connectivity index (χ1v) is 13.3. The van der Waals surface area contributed by atoms with Crippen molar-refractivity contribution in [3.8, 4) is 0 Å². The standard InChI is InChI=1S/C29H32BF2N3O5/c1-17(36)27-20-10-6-7-12-22(20)35(33-27)16-25(38)34-15-19(31)14-23(34)24(37)13-18-9-8-11-21(26(18)32)30-39-28(2,3)29(4,5)40-30/h6-12,19,23H,13-16H2,1-5H3/t19-,23+/m1/s1. The molecule has 2 aliphatic rings. The molecule has 2 fully saturated rings. The van der Waals surface area contributed by atoms with Crippen LogP contribution in [0, 0.1) is 5.82 Å². The van der Waals surface area contributed by atoms with Crippen LogP contribution in [-0.2, 0) is 31.9 Å². The van der Waals surface area contributed by atoms with Crippen LogP contribution in [0.25, 0.3) is 10.9 Å². The van der Waals surface area contributed by atoms with E-state index < -0.39 is 48.0 Å². The van der Waals surface area contributed by atoms with Crippen molar-refractivity contribution in [3.63, 3.8) is 0 Å². The highest BCUT2D eigenvalue weighted by molar-refractivity contribution is 6.62. The molecule has 2 aromatic carbocycles. The van der Waals surface area contributed by atoms with Gasteiger partial charge in [-0.1, -0.05) is 36.4 Å². The van der Waals surface area contributed by atoms with Gasteiger partial charge in [0.2, 0.25) is 5.91 Å². The smallest absolute Gasteiger partial charge is 0.399 e. The quantitative estimate of drug-likeness (QED) is 0.330. The fourth-order valence-corrected chi connectivity index (χ4v) is 5.29. The van der Waals surface area contributed by atoms with Crippen LogP contribution in [0.15, 0.2) is 42.5 Å². The molecule has 5 rings (SSSR count). The number of Topliss-reactive ketones (excluding diaryl/α,β-unsaturated/α-hetero) is 2. The lowest BCUT2D eigenvalue weighted by Crippen LogP contribution is -2.43. The van der Waals surface area contributed by atoms with Crippen LogP contribution in [0.1, 0.15) is 57.1 Å². The van der Waals surface area contributed by atoms with Gasteiger partial charge in [-0.25, -0.2) is 8.78 Å². The van der Waals surface area contributed by atoms with E-state index in [-0.39, 0.29) is 48.4 Å². The number of halogens is 2. The first kappa shape index (κ1) is 28.1. The van der Waals surface area contributed by atoms with Gasteiger partial charge in [0.15, 0.2) is 11.6 Å². The summed E-state index contributed by atoms with van der Waals surface area (Å²) in [4.78, 5) is 40.0. The van der Waals surface area contributed by atoms with E-state index >= 15 is 4.39 Å². The lowest BCUT2D eigenvalue weighted by atomic mass is 9.77. The Balaban J connectivity index is 1.34. The van der Waals surface area contributed by atoms with E-state index in [4.69, 9.17) is 9.31 Å². The van der Waals surface area contributed by atoms with Crippen LogP contribution in [0.5, 0.6) is 0 Å². The number of carbonyl (C=O) groups is 3. The average Bonchev–Trinajstić information content (AvgIpc) is 3.51. The van der Waals surface area contributed by atoms with Crippen molar-refractivity contribution < 1.29 is 32.5 Å². The number of hydrogen-bond donors (Lipinski definition) is 0. The number of alkyl halides is 1. The molecular weight excluding hydrogens is 519 g/mol. The highest BCUT2D eigenvalue weighted by Crippen LogP contribution is 2.37. The summed E-state index contributed by atoms with van der Waals surface area (Å²) in [5.74, 6) is -1.84. The van der Waals surface area contributed by atoms with Crippen molar-refractivity contribution in [1.82, 2.24) is 14.7 Å². The predicted molar refractivity (Wildman–Crippen MR) is 146 cm³/mol. The molecule has 8 nitrogen and oxygen atoms in total. The second-order valence-electron chi connectivity index (χ2n) is 11.5. The Bertz CT molecular complexity index is 1490. The van der Waals surface area contributed by atoms with Gasteiger partial charge >= 0.3 is 7.12 Å². The number of carbonyl (C=O) groups excluding carboxylic acids is 3. The number of nitrogens with zero attached hydrogens (tertiary/aromatic N) is 3. The summed E-state index contributed by atoms with van der Waals surface area (Å²) in [5.41, 5.74) is -0.210. The van der Waals surface area contributed by atoms with Gasteiger partial charge in [-0.3, -0.25) is 19.1 Å². The molecule has 0 N–H and O–H groups in total. The molecule has 2 aliphatic heterocycles. The van der Waals surface area contributed by atoms with Crippen molar-refractivity contribution in [2.45, 2.75) is 77.4 Å². The Morgan fingerprint density at radius 2 is 1.73 bits per heavy atom. The van der Waals surface area contributed by atoms with Crippen molar-refractivity contribution in [1.29, 1.82) is 0 Å². The maximum absolute atomic E-state index is 15.6. The van der Waals surface area contributed by atoms with Crippen LogP contribution >= 0.6 is 0 Å². The highest BCUT2D eigenvalue weighted by Gasteiger charge is 2.52. The number of para-hydroxylation sites is 1. The van der Waals surface area contributed by atoms with Gasteiger partial charge in [-0.05, 0) is 39.3 Å². The van der Waals surface area contributed by atoms with Crippen molar-refractivity contribution >= 4 is 41.0 Å². The fraction of sp³-hybridized carbons (Fsp3) is 0.448. The number of fused-ring (bicyclic) bond motifs is 1. The van der Waals surface area contributed by atoms with E-state index in [2.05, 4.69) is 5.10 Å². The Hall–Kier alpha value is -3.44. The molecule has 11 heteroatoms. The molecule has 0 spiro atoms. The third-order valence-corrected chi connectivity index (χ3v) is 8.20. The Morgan fingerprint density at radius 3 is 2.40 bits per heavy atom. The van der Waals surface area contributed by atoms with Gasteiger partial charge < -0.3 is 14.2 Å². The van der Waals surface area contributed by atoms with E-state index in [1.165, 1.54) is 22.6 Å². The number of amides is 1. The van der Waals surface area contributed by atoms with Gasteiger partial charge in [0.1, 0.15) is 24.2 Å².